The second kappa shape index (κ2) is 23.9. The lowest BCUT2D eigenvalue weighted by molar-refractivity contribution is -0.153. The van der Waals surface area contributed by atoms with E-state index in [1.807, 2.05) is 182 Å². The molecule has 82 heavy (non-hydrogen) atoms. The first-order valence-corrected chi connectivity index (χ1v) is 28.4. The summed E-state index contributed by atoms with van der Waals surface area (Å²) < 4.78 is 57.7. The Hall–Kier alpha value is -9.17. The molecule has 1 unspecified atom stereocenters. The number of esters is 1. The zero-order chi connectivity index (χ0) is 56.7. The number of ether oxygens (including phenoxy) is 2. The Labute approximate surface area is 482 Å². The lowest BCUT2D eigenvalue weighted by Crippen LogP contribution is -2.71. The summed E-state index contributed by atoms with van der Waals surface area (Å²) in [6.45, 7) is -0.201. The number of nitrogens with one attached hydrogen (secondary N) is 2. The van der Waals surface area contributed by atoms with E-state index in [4.69, 9.17) is 28.8 Å². The SMILES string of the molecule is COc1ccc(COC(=O)C2=C(C=Cc3scnc3C(F)(F)F)CS[C@@H]3C(NC(=O)C(=NOC(c4ccccc4)(c4ccccc4)c4ccccc4)c4nsc(NC(c5ccccc5)(c5ccccc5)c5ccccc5)n4)C(=O)N23)cc1. The van der Waals surface area contributed by atoms with Gasteiger partial charge in [0, 0.05) is 34.0 Å². The van der Waals surface area contributed by atoms with Gasteiger partial charge in [0.25, 0.3) is 11.8 Å². The fourth-order valence-electron chi connectivity index (χ4n) is 9.96. The number of oxime groups is 1. The van der Waals surface area contributed by atoms with E-state index in [1.165, 1.54) is 35.9 Å². The van der Waals surface area contributed by atoms with Crippen molar-refractivity contribution in [2.45, 2.75) is 35.3 Å². The van der Waals surface area contributed by atoms with Crippen LogP contribution >= 0.6 is 34.6 Å². The zero-order valence-corrected chi connectivity index (χ0v) is 45.9. The van der Waals surface area contributed by atoms with Crippen LogP contribution in [0.3, 0.4) is 0 Å². The molecule has 1 saturated heterocycles. The van der Waals surface area contributed by atoms with E-state index in [-0.39, 0.29) is 40.0 Å². The van der Waals surface area contributed by atoms with Crippen LogP contribution in [0.1, 0.15) is 55.3 Å². The number of anilines is 1. The smallest absolute Gasteiger partial charge is 0.434 e. The number of methoxy groups -OCH3 is 1. The number of carbonyl (C=O) groups is 3. The quantitative estimate of drug-likeness (QED) is 0.0261. The zero-order valence-electron chi connectivity index (χ0n) is 43.5. The van der Waals surface area contributed by atoms with E-state index >= 15 is 4.79 Å². The van der Waals surface area contributed by atoms with Gasteiger partial charge in [-0.1, -0.05) is 205 Å². The maximum atomic E-state index is 15.4. The molecular weight excluding hydrogens is 1100 g/mol. The topological polar surface area (TPSA) is 157 Å². The number of rotatable bonds is 19. The molecule has 1 fully saturated rings. The van der Waals surface area contributed by atoms with Gasteiger partial charge in [-0.25, -0.2) is 9.78 Å². The first-order valence-electron chi connectivity index (χ1n) is 25.7. The number of thiazole rings is 1. The number of aromatic nitrogens is 3. The molecule has 4 heterocycles. The normalized spacial score (nSPS) is 15.6. The van der Waals surface area contributed by atoms with E-state index < -0.39 is 52.2 Å². The highest BCUT2D eigenvalue weighted by molar-refractivity contribution is 8.00. The van der Waals surface area contributed by atoms with E-state index in [2.05, 4.69) is 15.6 Å². The molecular formula is C63H48F3N7O6S3. The van der Waals surface area contributed by atoms with Gasteiger partial charge >= 0.3 is 12.1 Å². The Morgan fingerprint density at radius 1 is 0.707 bits per heavy atom. The number of benzene rings is 7. The van der Waals surface area contributed by atoms with E-state index in [9.17, 15) is 22.8 Å². The fraction of sp³-hybridized carbons (Fsp3) is 0.127. The van der Waals surface area contributed by atoms with Gasteiger partial charge < -0.3 is 24.9 Å². The first kappa shape index (κ1) is 54.8. The number of carbonyl (C=O) groups excluding carboxylic acids is 3. The molecule has 0 aliphatic carbocycles. The van der Waals surface area contributed by atoms with Gasteiger partial charge in [-0.3, -0.25) is 14.5 Å². The van der Waals surface area contributed by atoms with Gasteiger partial charge in [0.1, 0.15) is 35.0 Å². The van der Waals surface area contributed by atoms with Crippen molar-refractivity contribution in [3.05, 3.63) is 284 Å². The van der Waals surface area contributed by atoms with Gasteiger partial charge in [0.05, 0.1) is 17.5 Å². The molecule has 0 radical (unpaired) electrons. The number of allylic oxidation sites excluding steroid dienone is 1. The number of β-lactam (4-membered cyclic amide) rings is 1. The standard InChI is InChI=1S/C63H48F3N7O6S3/c1-77-49-35-32-41(33-36-49)38-78-59(76)53-42(34-37-50-54(63(64,65)66)67-40-81-50)39-80-58-52(57(75)73(53)58)68-56(74)51(71-79-62(46-26-14-5-15-27-46,47-28-16-6-17-29-47)48-30-18-7-19-31-48)55-69-60(82-72-55)70-61(43-20-8-2-9-21-43,44-22-10-3-11-23-44)45-24-12-4-13-25-45/h2-37,40,52,58H,38-39H2,1H3,(H,68,74)(H,69,70,72)/t52?,58-/m1/s1. The first-order chi connectivity index (χ1) is 40.0. The third-order valence-corrected chi connectivity index (χ3v) is 16.6. The Morgan fingerprint density at radius 3 is 1.72 bits per heavy atom. The lowest BCUT2D eigenvalue weighted by Gasteiger charge is -2.49. The van der Waals surface area contributed by atoms with Crippen LogP contribution in [-0.4, -0.2) is 67.0 Å². The van der Waals surface area contributed by atoms with Crippen LogP contribution in [0.15, 0.2) is 234 Å². The number of alkyl halides is 3. The molecule has 2 aliphatic heterocycles. The Morgan fingerprint density at radius 2 is 1.22 bits per heavy atom. The molecule has 13 nitrogen and oxygen atoms in total. The molecule has 2 aliphatic rings. The number of fused-ring (bicyclic) bond motifs is 1. The van der Waals surface area contributed by atoms with E-state index in [0.29, 0.717) is 33.1 Å². The average molecular weight is 1150 g/mol. The van der Waals surface area contributed by atoms with Crippen molar-refractivity contribution in [1.29, 1.82) is 0 Å². The summed E-state index contributed by atoms with van der Waals surface area (Å²) in [5, 5.41) is 10.8. The predicted molar refractivity (Wildman–Crippen MR) is 311 cm³/mol. The molecule has 0 bridgehead atoms. The summed E-state index contributed by atoms with van der Waals surface area (Å²) in [6.07, 6.45) is -2.16. The third-order valence-electron chi connectivity index (χ3n) is 13.9. The molecule has 9 aromatic rings. The van der Waals surface area contributed by atoms with Crippen molar-refractivity contribution in [2.24, 2.45) is 5.16 Å². The molecule has 0 saturated carbocycles. The molecule has 7 aromatic carbocycles. The number of halogens is 3. The fourth-order valence-corrected chi connectivity index (χ4v) is 12.6. The molecule has 2 aromatic heterocycles. The second-order valence-corrected chi connectivity index (χ2v) is 21.5. The van der Waals surface area contributed by atoms with Crippen LogP contribution in [0.4, 0.5) is 18.3 Å². The summed E-state index contributed by atoms with van der Waals surface area (Å²) in [5.41, 5.74) is 2.48. The van der Waals surface area contributed by atoms with Crippen molar-refractivity contribution >= 4 is 69.3 Å². The third kappa shape index (κ3) is 10.9. The molecule has 410 valence electrons. The highest BCUT2D eigenvalue weighted by Gasteiger charge is 2.55. The molecule has 19 heteroatoms. The highest BCUT2D eigenvalue weighted by Crippen LogP contribution is 2.45. The summed E-state index contributed by atoms with van der Waals surface area (Å²) in [7, 11) is 1.52. The van der Waals surface area contributed by atoms with Crippen molar-refractivity contribution in [1.82, 2.24) is 24.6 Å². The van der Waals surface area contributed by atoms with Crippen LogP contribution < -0.4 is 15.4 Å². The summed E-state index contributed by atoms with van der Waals surface area (Å²) >= 11 is 2.97. The number of hydrogen-bond acceptors (Lipinski definition) is 14. The minimum Gasteiger partial charge on any atom is -0.497 e. The molecule has 2 N–H and O–H groups in total. The maximum Gasteiger partial charge on any atom is 0.434 e. The van der Waals surface area contributed by atoms with Crippen molar-refractivity contribution in [3.63, 3.8) is 0 Å². The van der Waals surface area contributed by atoms with E-state index in [1.54, 1.807) is 24.3 Å². The van der Waals surface area contributed by atoms with Crippen LogP contribution in [0.2, 0.25) is 0 Å². The van der Waals surface area contributed by atoms with Crippen LogP contribution in [-0.2, 0) is 47.9 Å². The molecule has 0 spiro atoms. The number of amides is 2. The molecule has 2 atom stereocenters. The van der Waals surface area contributed by atoms with Crippen molar-refractivity contribution < 1.29 is 41.9 Å². The minimum atomic E-state index is -4.73. The van der Waals surface area contributed by atoms with Gasteiger partial charge in [-0.15, -0.1) is 23.1 Å². The van der Waals surface area contributed by atoms with Crippen LogP contribution in [0, 0.1) is 0 Å². The minimum absolute atomic E-state index is 0.0386. The lowest BCUT2D eigenvalue weighted by atomic mass is 9.77. The summed E-state index contributed by atoms with van der Waals surface area (Å²) in [5.74, 6) is -1.99. The van der Waals surface area contributed by atoms with Crippen LogP contribution in [0.5, 0.6) is 5.75 Å². The predicted octanol–water partition coefficient (Wildman–Crippen LogP) is 12.2. The Bertz CT molecular complexity index is 3600. The van der Waals surface area contributed by atoms with Gasteiger partial charge in [0.2, 0.25) is 22.3 Å². The van der Waals surface area contributed by atoms with E-state index in [0.717, 1.165) is 45.1 Å². The number of nitrogens with zero attached hydrogens (tertiary/aromatic N) is 5. The van der Waals surface area contributed by atoms with Crippen LogP contribution in [0.25, 0.3) is 6.08 Å². The van der Waals surface area contributed by atoms with Gasteiger partial charge in [-0.05, 0) is 46.0 Å². The summed E-state index contributed by atoms with van der Waals surface area (Å²) in [4.78, 5) is 60.8. The van der Waals surface area contributed by atoms with Crippen molar-refractivity contribution in [3.8, 4) is 5.75 Å². The average Bonchev–Trinajstić information content (AvgIpc) is 2.99. The molecule has 2 amide bonds. The maximum absolute atomic E-state index is 15.4. The highest BCUT2D eigenvalue weighted by atomic mass is 32.2. The largest absolute Gasteiger partial charge is 0.497 e. The molecule has 11 rings (SSSR count). The van der Waals surface area contributed by atoms with Gasteiger partial charge in [-0.2, -0.15) is 22.5 Å². The van der Waals surface area contributed by atoms with Crippen molar-refractivity contribution in [2.75, 3.05) is 18.2 Å². The second-order valence-electron chi connectivity index (χ2n) is 18.8. The monoisotopic (exact) mass is 1150 g/mol. The summed E-state index contributed by atoms with van der Waals surface area (Å²) in [6, 6.07) is 63.6. The van der Waals surface area contributed by atoms with Gasteiger partial charge in [0.15, 0.2) is 5.69 Å². The Kier molecular flexibility index (Phi) is 16.0. The number of thioether (sulfide) groups is 1. The Balaban J connectivity index is 0.984. The number of hydrogen-bond donors (Lipinski definition) is 2.